The highest BCUT2D eigenvalue weighted by atomic mass is 32.2. The molecular weight excluding hydrogens is 372 g/mol. The summed E-state index contributed by atoms with van der Waals surface area (Å²) < 4.78 is 17.0. The minimum Gasteiger partial charge on any atom is -0.493 e. The van der Waals surface area contributed by atoms with Crippen molar-refractivity contribution in [3.8, 4) is 11.5 Å². The molecule has 0 atom stereocenters. The summed E-state index contributed by atoms with van der Waals surface area (Å²) in [5, 5.41) is 0. The van der Waals surface area contributed by atoms with Crippen LogP contribution in [0.25, 0.3) is 5.57 Å². The van der Waals surface area contributed by atoms with Crippen molar-refractivity contribution in [3.05, 3.63) is 54.3 Å². The summed E-state index contributed by atoms with van der Waals surface area (Å²) >= 11 is 1.60. The Morgan fingerprint density at radius 1 is 0.964 bits per heavy atom. The van der Waals surface area contributed by atoms with Crippen LogP contribution in [0, 0.1) is 0 Å². The van der Waals surface area contributed by atoms with Crippen molar-refractivity contribution in [1.82, 2.24) is 0 Å². The lowest BCUT2D eigenvalue weighted by atomic mass is 9.79. The molecule has 0 radical (unpaired) electrons. The van der Waals surface area contributed by atoms with Crippen LogP contribution in [0.3, 0.4) is 0 Å². The average Bonchev–Trinajstić information content (AvgIpc) is 3.04. The zero-order chi connectivity index (χ0) is 19.6. The van der Waals surface area contributed by atoms with Gasteiger partial charge in [-0.1, -0.05) is 36.4 Å². The number of carbonyl (C=O) groups excluding carboxylic acids is 1. The topological polar surface area (TPSA) is 44.8 Å². The zero-order valence-corrected chi connectivity index (χ0v) is 17.0. The van der Waals surface area contributed by atoms with Crippen molar-refractivity contribution < 1.29 is 19.0 Å². The summed E-state index contributed by atoms with van der Waals surface area (Å²) in [7, 11) is 3.23. The van der Waals surface area contributed by atoms with Crippen LogP contribution in [0.15, 0.2) is 58.5 Å². The first-order valence-corrected chi connectivity index (χ1v) is 10.4. The maximum absolute atomic E-state index is 13.4. The molecule has 0 aromatic heterocycles. The van der Waals surface area contributed by atoms with Crippen molar-refractivity contribution in [2.75, 3.05) is 14.2 Å². The maximum Gasteiger partial charge on any atom is 0.210 e. The molecule has 0 saturated heterocycles. The minimum absolute atomic E-state index is 0.0920. The van der Waals surface area contributed by atoms with Gasteiger partial charge in [0.05, 0.1) is 26.1 Å². The number of hydrogen-bond donors (Lipinski definition) is 0. The fourth-order valence-corrected chi connectivity index (χ4v) is 4.94. The van der Waals surface area contributed by atoms with Gasteiger partial charge in [0.2, 0.25) is 5.78 Å². The number of methoxy groups -OCH3 is 2. The molecule has 1 aliphatic heterocycles. The van der Waals surface area contributed by atoms with Crippen LogP contribution < -0.4 is 9.47 Å². The van der Waals surface area contributed by atoms with Crippen molar-refractivity contribution in [1.29, 1.82) is 0 Å². The van der Waals surface area contributed by atoms with Gasteiger partial charge in [-0.15, -0.1) is 0 Å². The molecule has 28 heavy (non-hydrogen) atoms. The number of ether oxygens (including phenoxy) is 3. The molecule has 1 heterocycles. The summed E-state index contributed by atoms with van der Waals surface area (Å²) in [5.41, 5.74) is 0.787. The molecule has 4 nitrogen and oxygen atoms in total. The lowest BCUT2D eigenvalue weighted by Crippen LogP contribution is -2.39. The van der Waals surface area contributed by atoms with Crippen molar-refractivity contribution in [2.45, 2.75) is 47.5 Å². The maximum atomic E-state index is 13.4. The molecule has 1 aliphatic carbocycles. The Bertz CT molecular complexity index is 898. The van der Waals surface area contributed by atoms with Crippen molar-refractivity contribution in [2.24, 2.45) is 0 Å². The van der Waals surface area contributed by atoms with Crippen LogP contribution in [0.5, 0.6) is 11.5 Å². The Morgan fingerprint density at radius 3 is 2.32 bits per heavy atom. The van der Waals surface area contributed by atoms with E-state index in [0.29, 0.717) is 17.1 Å². The van der Waals surface area contributed by atoms with E-state index in [0.717, 1.165) is 41.0 Å². The third-order valence-corrected chi connectivity index (χ3v) is 6.53. The first kappa shape index (κ1) is 18.9. The third kappa shape index (κ3) is 3.39. The summed E-state index contributed by atoms with van der Waals surface area (Å²) in [4.78, 5) is 15.4. The van der Waals surface area contributed by atoms with Crippen LogP contribution in [0.2, 0.25) is 0 Å². The highest BCUT2D eigenvalue weighted by Crippen LogP contribution is 2.46. The molecule has 1 fully saturated rings. The minimum atomic E-state index is -0.671. The molecular formula is C23H24O4S. The van der Waals surface area contributed by atoms with Gasteiger partial charge in [0.15, 0.2) is 17.1 Å². The van der Waals surface area contributed by atoms with Crippen molar-refractivity contribution >= 4 is 23.1 Å². The molecule has 2 aromatic rings. The number of Topliss-reactive ketones (excluding diaryl/α,β-unsaturated/α-hetero) is 1. The predicted octanol–water partition coefficient (Wildman–Crippen LogP) is 5.50. The van der Waals surface area contributed by atoms with E-state index < -0.39 is 5.60 Å². The quantitative estimate of drug-likeness (QED) is 0.668. The Labute approximate surface area is 169 Å². The molecule has 0 amide bonds. The van der Waals surface area contributed by atoms with Gasteiger partial charge in [-0.2, -0.15) is 0 Å². The van der Waals surface area contributed by atoms with Gasteiger partial charge in [-0.25, -0.2) is 0 Å². The largest absolute Gasteiger partial charge is 0.493 e. The molecule has 2 aliphatic rings. The van der Waals surface area contributed by atoms with E-state index in [1.165, 1.54) is 6.42 Å². The van der Waals surface area contributed by atoms with Gasteiger partial charge in [0, 0.05) is 15.4 Å². The second-order valence-corrected chi connectivity index (χ2v) is 8.27. The molecule has 2 aromatic carbocycles. The van der Waals surface area contributed by atoms with E-state index >= 15 is 0 Å². The lowest BCUT2D eigenvalue weighted by Gasteiger charge is -2.31. The van der Waals surface area contributed by atoms with E-state index in [9.17, 15) is 4.79 Å². The van der Waals surface area contributed by atoms with Crippen LogP contribution in [0.1, 0.15) is 37.7 Å². The molecule has 5 heteroatoms. The normalized spacial score (nSPS) is 17.9. The fraction of sp³-hybridized carbons (Fsp3) is 0.348. The van der Waals surface area contributed by atoms with E-state index in [4.69, 9.17) is 14.2 Å². The molecule has 4 rings (SSSR count). The molecule has 1 saturated carbocycles. The first-order chi connectivity index (χ1) is 13.7. The second kappa shape index (κ2) is 7.92. The Hall–Kier alpha value is -2.40. The molecule has 0 bridgehead atoms. The van der Waals surface area contributed by atoms with Crippen LogP contribution in [0.4, 0.5) is 0 Å². The van der Waals surface area contributed by atoms with Crippen LogP contribution in [-0.4, -0.2) is 25.6 Å². The monoisotopic (exact) mass is 396 g/mol. The van der Waals surface area contributed by atoms with E-state index in [2.05, 4.69) is 12.1 Å². The van der Waals surface area contributed by atoms with Gasteiger partial charge >= 0.3 is 0 Å². The SMILES string of the molecule is COc1cc(Sc2ccccc2)c(C2=COC3(CCCCC3)C2=O)cc1OC. The number of hydrogen-bond acceptors (Lipinski definition) is 5. The van der Waals surface area contributed by atoms with E-state index in [1.54, 1.807) is 32.2 Å². The van der Waals surface area contributed by atoms with Crippen molar-refractivity contribution in [3.63, 3.8) is 0 Å². The smallest absolute Gasteiger partial charge is 0.210 e. The third-order valence-electron chi connectivity index (χ3n) is 5.47. The Balaban J connectivity index is 1.75. The molecule has 0 N–H and O–H groups in total. The molecule has 146 valence electrons. The van der Waals surface area contributed by atoms with Gasteiger partial charge in [-0.3, -0.25) is 4.79 Å². The van der Waals surface area contributed by atoms with E-state index in [-0.39, 0.29) is 5.78 Å². The first-order valence-electron chi connectivity index (χ1n) is 9.59. The average molecular weight is 397 g/mol. The summed E-state index contributed by atoms with van der Waals surface area (Å²) in [5.74, 6) is 1.34. The number of rotatable bonds is 5. The summed E-state index contributed by atoms with van der Waals surface area (Å²) in [6, 6.07) is 13.9. The Morgan fingerprint density at radius 2 is 1.64 bits per heavy atom. The summed E-state index contributed by atoms with van der Waals surface area (Å²) in [6.07, 6.45) is 6.47. The lowest BCUT2D eigenvalue weighted by molar-refractivity contribution is -0.131. The number of ketones is 1. The van der Waals surface area contributed by atoms with Gasteiger partial charge < -0.3 is 14.2 Å². The summed E-state index contributed by atoms with van der Waals surface area (Å²) in [6.45, 7) is 0. The predicted molar refractivity (Wildman–Crippen MR) is 110 cm³/mol. The highest BCUT2D eigenvalue weighted by molar-refractivity contribution is 7.99. The van der Waals surface area contributed by atoms with Gasteiger partial charge in [0.1, 0.15) is 0 Å². The number of carbonyl (C=O) groups is 1. The standard InChI is InChI=1S/C23H24O4S/c1-25-19-13-17(18-15-27-23(22(18)24)11-7-4-8-12-23)21(14-20(19)26-2)28-16-9-5-3-6-10-16/h3,5-6,9-10,13-15H,4,7-8,11-12H2,1-2H3. The van der Waals surface area contributed by atoms with E-state index in [1.807, 2.05) is 30.3 Å². The fourth-order valence-electron chi connectivity index (χ4n) is 3.95. The Kier molecular flexibility index (Phi) is 5.36. The molecule has 0 unspecified atom stereocenters. The van der Waals surface area contributed by atoms with Crippen LogP contribution in [-0.2, 0) is 9.53 Å². The number of benzene rings is 2. The van der Waals surface area contributed by atoms with Gasteiger partial charge in [0.25, 0.3) is 0 Å². The van der Waals surface area contributed by atoms with Crippen LogP contribution >= 0.6 is 11.8 Å². The highest BCUT2D eigenvalue weighted by Gasteiger charge is 2.47. The van der Waals surface area contributed by atoms with Gasteiger partial charge in [-0.05, 0) is 49.9 Å². The second-order valence-electron chi connectivity index (χ2n) is 7.15. The molecule has 1 spiro atoms. The zero-order valence-electron chi connectivity index (χ0n) is 16.2.